The van der Waals surface area contributed by atoms with Crippen LogP contribution in [0.3, 0.4) is 0 Å². The fourth-order valence-electron chi connectivity index (χ4n) is 4.55. The van der Waals surface area contributed by atoms with Crippen LogP contribution in [0.2, 0.25) is 0 Å². The van der Waals surface area contributed by atoms with Gasteiger partial charge in [0.25, 0.3) is 0 Å². The smallest absolute Gasteiger partial charge is 0.426 e. The van der Waals surface area contributed by atoms with Crippen molar-refractivity contribution in [3.05, 3.63) is 70.8 Å². The van der Waals surface area contributed by atoms with E-state index in [0.29, 0.717) is 5.92 Å². The fraction of sp³-hybridized carbons (Fsp3) is 0.435. The van der Waals surface area contributed by atoms with Crippen molar-refractivity contribution in [2.45, 2.75) is 51.7 Å². The maximum atomic E-state index is 12.5. The normalized spacial score (nSPS) is 30.9. The Kier molecular flexibility index (Phi) is 4.26. The molecule has 4 atom stereocenters. The maximum absolute atomic E-state index is 12.5. The Morgan fingerprint density at radius 2 is 1.58 bits per heavy atom. The quantitative estimate of drug-likeness (QED) is 0.638. The molecule has 1 aliphatic carbocycles. The minimum atomic E-state index is -0.592. The molecule has 3 heteroatoms. The summed E-state index contributed by atoms with van der Waals surface area (Å²) in [5.74, 6) is 0.710. The van der Waals surface area contributed by atoms with Gasteiger partial charge in [0.1, 0.15) is 11.7 Å². The standard InChI is InChI=1S/C23H26O3/c1-15-4-8-18(9-5-15)21-20-14-17(3)12-13-23(20,26-22(24)25-21)19-10-6-16(2)7-11-19/h4-11,17,20-21H,12-14H2,1-3H3. The van der Waals surface area contributed by atoms with Gasteiger partial charge in [-0.3, -0.25) is 0 Å². The van der Waals surface area contributed by atoms with Crippen LogP contribution < -0.4 is 0 Å². The minimum absolute atomic E-state index is 0.120. The lowest BCUT2D eigenvalue weighted by molar-refractivity contribution is -0.187. The molecule has 0 bridgehead atoms. The molecular formula is C23H26O3. The Labute approximate surface area is 155 Å². The number of hydrogen-bond donors (Lipinski definition) is 0. The molecule has 4 rings (SSSR count). The molecule has 1 saturated heterocycles. The number of carbonyl (C=O) groups excluding carboxylic acids is 1. The Morgan fingerprint density at radius 1 is 0.962 bits per heavy atom. The van der Waals surface area contributed by atoms with Crippen LogP contribution in [-0.2, 0) is 15.1 Å². The zero-order chi connectivity index (χ0) is 18.3. The number of cyclic esters (lactones) is 1. The van der Waals surface area contributed by atoms with Gasteiger partial charge in [0.15, 0.2) is 0 Å². The largest absolute Gasteiger partial charge is 0.509 e. The van der Waals surface area contributed by atoms with Crippen molar-refractivity contribution in [2.75, 3.05) is 0 Å². The van der Waals surface area contributed by atoms with E-state index in [9.17, 15) is 4.79 Å². The summed E-state index contributed by atoms with van der Waals surface area (Å²) in [5, 5.41) is 0. The molecule has 0 radical (unpaired) electrons. The first-order chi connectivity index (χ1) is 12.5. The average Bonchev–Trinajstić information content (AvgIpc) is 2.63. The van der Waals surface area contributed by atoms with Gasteiger partial charge in [-0.15, -0.1) is 0 Å². The van der Waals surface area contributed by atoms with Gasteiger partial charge in [0.05, 0.1) is 0 Å². The van der Waals surface area contributed by atoms with Crippen LogP contribution in [0.15, 0.2) is 48.5 Å². The van der Waals surface area contributed by atoms with Crippen molar-refractivity contribution in [2.24, 2.45) is 11.8 Å². The van der Waals surface area contributed by atoms with Crippen LogP contribution in [0.1, 0.15) is 54.5 Å². The van der Waals surface area contributed by atoms with Crippen LogP contribution >= 0.6 is 0 Å². The summed E-state index contributed by atoms with van der Waals surface area (Å²) in [5.41, 5.74) is 3.97. The second-order valence-corrected chi connectivity index (χ2v) is 8.04. The van der Waals surface area contributed by atoms with E-state index in [4.69, 9.17) is 9.47 Å². The molecule has 2 aromatic rings. The van der Waals surface area contributed by atoms with E-state index in [1.165, 1.54) is 11.1 Å². The van der Waals surface area contributed by atoms with Crippen LogP contribution in [0, 0.1) is 25.7 Å². The number of hydrogen-bond acceptors (Lipinski definition) is 3. The van der Waals surface area contributed by atoms with Gasteiger partial charge in [-0.2, -0.15) is 0 Å². The highest BCUT2D eigenvalue weighted by atomic mass is 16.7. The Balaban J connectivity index is 1.80. The third-order valence-electron chi connectivity index (χ3n) is 6.06. The first-order valence-corrected chi connectivity index (χ1v) is 9.51. The van der Waals surface area contributed by atoms with E-state index >= 15 is 0 Å². The zero-order valence-electron chi connectivity index (χ0n) is 15.7. The topological polar surface area (TPSA) is 35.5 Å². The molecule has 4 unspecified atom stereocenters. The maximum Gasteiger partial charge on any atom is 0.509 e. The Bertz CT molecular complexity index is 793. The number of benzene rings is 2. The van der Waals surface area contributed by atoms with Gasteiger partial charge in [-0.05, 0) is 50.2 Å². The van der Waals surface area contributed by atoms with E-state index in [2.05, 4.69) is 69.3 Å². The van der Waals surface area contributed by atoms with E-state index in [-0.39, 0.29) is 12.0 Å². The van der Waals surface area contributed by atoms with Crippen molar-refractivity contribution >= 4 is 6.16 Å². The first-order valence-electron chi connectivity index (χ1n) is 9.51. The van der Waals surface area contributed by atoms with E-state index in [1.807, 2.05) is 0 Å². The summed E-state index contributed by atoms with van der Waals surface area (Å²) in [4.78, 5) is 12.5. The summed E-state index contributed by atoms with van der Waals surface area (Å²) < 4.78 is 11.7. The van der Waals surface area contributed by atoms with Crippen molar-refractivity contribution in [3.63, 3.8) is 0 Å². The van der Waals surface area contributed by atoms with Crippen LogP contribution in [0.25, 0.3) is 0 Å². The lowest BCUT2D eigenvalue weighted by Gasteiger charge is -2.50. The summed E-state index contributed by atoms with van der Waals surface area (Å²) in [6.45, 7) is 6.42. The molecule has 3 nitrogen and oxygen atoms in total. The third-order valence-corrected chi connectivity index (χ3v) is 6.06. The Morgan fingerprint density at radius 3 is 2.23 bits per heavy atom. The Hall–Kier alpha value is -2.29. The van der Waals surface area contributed by atoms with Crippen molar-refractivity contribution in [3.8, 4) is 0 Å². The van der Waals surface area contributed by atoms with E-state index < -0.39 is 11.8 Å². The zero-order valence-corrected chi connectivity index (χ0v) is 15.7. The second-order valence-electron chi connectivity index (χ2n) is 8.04. The monoisotopic (exact) mass is 350 g/mol. The predicted molar refractivity (Wildman–Crippen MR) is 101 cm³/mol. The third kappa shape index (κ3) is 2.90. The molecule has 0 N–H and O–H groups in total. The summed E-state index contributed by atoms with van der Waals surface area (Å²) >= 11 is 0. The molecule has 136 valence electrons. The van der Waals surface area contributed by atoms with Crippen molar-refractivity contribution in [1.82, 2.24) is 0 Å². The summed E-state index contributed by atoms with van der Waals surface area (Å²) in [7, 11) is 0. The molecule has 1 heterocycles. The highest BCUT2D eigenvalue weighted by molar-refractivity contribution is 5.63. The molecule has 1 saturated carbocycles. The highest BCUT2D eigenvalue weighted by Crippen LogP contribution is 2.55. The van der Waals surface area contributed by atoms with Gasteiger partial charge in [-0.1, -0.05) is 66.6 Å². The average molecular weight is 350 g/mol. The van der Waals surface area contributed by atoms with Crippen LogP contribution in [-0.4, -0.2) is 6.16 Å². The number of aryl methyl sites for hydroxylation is 2. The molecule has 0 aromatic heterocycles. The molecular weight excluding hydrogens is 324 g/mol. The first kappa shape index (κ1) is 17.1. The molecule has 2 aromatic carbocycles. The minimum Gasteiger partial charge on any atom is -0.426 e. The number of rotatable bonds is 2. The second kappa shape index (κ2) is 6.46. The summed E-state index contributed by atoms with van der Waals surface area (Å²) in [6, 6.07) is 16.8. The van der Waals surface area contributed by atoms with Crippen LogP contribution in [0.4, 0.5) is 4.79 Å². The number of carbonyl (C=O) groups is 1. The molecule has 2 fully saturated rings. The summed E-state index contributed by atoms with van der Waals surface area (Å²) in [6.07, 6.45) is 2.07. The lowest BCUT2D eigenvalue weighted by Crippen LogP contribution is -2.51. The molecule has 2 aliphatic rings. The molecule has 26 heavy (non-hydrogen) atoms. The van der Waals surface area contributed by atoms with Gasteiger partial charge >= 0.3 is 6.16 Å². The van der Waals surface area contributed by atoms with Gasteiger partial charge in [0, 0.05) is 5.92 Å². The number of fused-ring (bicyclic) bond motifs is 1. The van der Waals surface area contributed by atoms with Gasteiger partial charge < -0.3 is 9.47 Å². The molecule has 0 spiro atoms. The lowest BCUT2D eigenvalue weighted by atomic mass is 9.64. The highest BCUT2D eigenvalue weighted by Gasteiger charge is 2.55. The molecule has 1 aliphatic heterocycles. The van der Waals surface area contributed by atoms with Crippen molar-refractivity contribution < 1.29 is 14.3 Å². The van der Waals surface area contributed by atoms with E-state index in [1.54, 1.807) is 0 Å². The SMILES string of the molecule is Cc1ccc(C2OC(=O)OC3(c4ccc(C)cc4)CCC(C)CC23)cc1. The fourth-order valence-corrected chi connectivity index (χ4v) is 4.55. The van der Waals surface area contributed by atoms with Crippen LogP contribution in [0.5, 0.6) is 0 Å². The van der Waals surface area contributed by atoms with Gasteiger partial charge in [0.2, 0.25) is 0 Å². The van der Waals surface area contributed by atoms with Crippen molar-refractivity contribution in [1.29, 1.82) is 0 Å². The molecule has 0 amide bonds. The van der Waals surface area contributed by atoms with E-state index in [0.717, 1.165) is 30.4 Å². The predicted octanol–water partition coefficient (Wildman–Crippen LogP) is 5.84. The number of ether oxygens (including phenoxy) is 2. The van der Waals surface area contributed by atoms with Gasteiger partial charge in [-0.25, -0.2) is 4.79 Å².